The van der Waals surface area contributed by atoms with Crippen LogP contribution in [-0.4, -0.2) is 21.3 Å². The zero-order valence-corrected chi connectivity index (χ0v) is 54.8. The normalized spacial score (nSPS) is 15.8. The molecule has 0 amide bonds. The number of hydrogen-bond acceptors (Lipinski definition) is 4. The first-order chi connectivity index (χ1) is 37.2. The van der Waals surface area contributed by atoms with Crippen molar-refractivity contribution in [2.24, 2.45) is 0 Å². The SMILES string of the molecule is CC(C)=CCC/C(C)=C/CC/C(C)=C/CC/C(C)=C/CC/C(C)=C/CC/C(C)=C/CC/C(C)=C/CC/C(C)=C/CC/C(C)=C/CC/C(C)=C/CC/C(C)=C/CC/C(C)=C/CC/C(C)=C/CC/C(C)=C/COP(=O)(O)OP(=O)(O)O. The molecule has 0 radical (unpaired) electrons. The Morgan fingerprint density at radius 2 is 0.418 bits per heavy atom. The van der Waals surface area contributed by atoms with Crippen LogP contribution in [0.4, 0.5) is 0 Å². The Morgan fingerprint density at radius 3 is 0.570 bits per heavy atom. The van der Waals surface area contributed by atoms with E-state index in [0.29, 0.717) is 0 Å². The van der Waals surface area contributed by atoms with Crippen LogP contribution in [0, 0.1) is 0 Å². The van der Waals surface area contributed by atoms with Crippen LogP contribution in [0.15, 0.2) is 163 Å². The maximum Gasteiger partial charge on any atom is 0.481 e. The first-order valence-electron chi connectivity index (χ1n) is 30.2. The molecule has 0 aliphatic carbocycles. The molecule has 7 nitrogen and oxygen atoms in total. The highest BCUT2D eigenvalue weighted by Crippen LogP contribution is 2.57. The molecule has 0 aliphatic heterocycles. The summed E-state index contributed by atoms with van der Waals surface area (Å²) >= 11 is 0. The quantitative estimate of drug-likeness (QED) is 0.0411. The lowest BCUT2D eigenvalue weighted by atomic mass is 10.0. The van der Waals surface area contributed by atoms with E-state index in [1.807, 2.05) is 6.92 Å². The predicted octanol–water partition coefficient (Wildman–Crippen LogP) is 23.6. The summed E-state index contributed by atoms with van der Waals surface area (Å²) in [5.41, 5.74) is 20.2. The van der Waals surface area contributed by atoms with Crippen molar-refractivity contribution >= 4 is 15.6 Å². The molecule has 0 saturated carbocycles. The predicted molar refractivity (Wildman–Crippen MR) is 347 cm³/mol. The van der Waals surface area contributed by atoms with Crippen LogP contribution >= 0.6 is 15.6 Å². The average molecular weight is 1130 g/mol. The fraction of sp³-hybridized carbons (Fsp3) is 0.600. The number of phosphoric ester groups is 1. The van der Waals surface area contributed by atoms with Crippen molar-refractivity contribution in [3.8, 4) is 0 Å². The summed E-state index contributed by atoms with van der Waals surface area (Å²) in [4.78, 5) is 26.7. The van der Waals surface area contributed by atoms with Gasteiger partial charge >= 0.3 is 15.6 Å². The third-order valence-electron chi connectivity index (χ3n) is 14.3. The Balaban J connectivity index is 4.34. The van der Waals surface area contributed by atoms with E-state index in [9.17, 15) is 14.0 Å². The van der Waals surface area contributed by atoms with E-state index >= 15 is 0 Å². The van der Waals surface area contributed by atoms with Gasteiger partial charge in [-0.05, 0) is 271 Å². The summed E-state index contributed by atoms with van der Waals surface area (Å²) in [6, 6.07) is 0. The second-order valence-corrected chi connectivity index (χ2v) is 26.1. The van der Waals surface area contributed by atoms with E-state index in [1.165, 1.54) is 91.7 Å². The molecule has 3 N–H and O–H groups in total. The lowest BCUT2D eigenvalue weighted by molar-refractivity contribution is 0.191. The Morgan fingerprint density at radius 1 is 0.266 bits per heavy atom. The van der Waals surface area contributed by atoms with Gasteiger partial charge in [-0.3, -0.25) is 4.52 Å². The third kappa shape index (κ3) is 51.3. The molecule has 0 spiro atoms. The van der Waals surface area contributed by atoms with Crippen LogP contribution in [-0.2, 0) is 18.0 Å². The lowest BCUT2D eigenvalue weighted by Gasteiger charge is -2.11. The summed E-state index contributed by atoms with van der Waals surface area (Å²) in [5.74, 6) is 0. The summed E-state index contributed by atoms with van der Waals surface area (Å²) < 4.78 is 30.7. The monoisotopic (exact) mass is 1130 g/mol. The molecule has 0 fully saturated rings. The van der Waals surface area contributed by atoms with Gasteiger partial charge in [0.2, 0.25) is 0 Å². The molecule has 0 aromatic heterocycles. The van der Waals surface area contributed by atoms with Gasteiger partial charge in [0.25, 0.3) is 0 Å². The van der Waals surface area contributed by atoms with Crippen LogP contribution in [0.25, 0.3) is 0 Å². The van der Waals surface area contributed by atoms with Crippen molar-refractivity contribution in [3.05, 3.63) is 163 Å². The maximum absolute atomic E-state index is 11.5. The van der Waals surface area contributed by atoms with Crippen molar-refractivity contribution in [2.75, 3.05) is 6.61 Å². The van der Waals surface area contributed by atoms with Crippen LogP contribution in [0.1, 0.15) is 271 Å². The highest BCUT2D eigenvalue weighted by Gasteiger charge is 2.31. The van der Waals surface area contributed by atoms with Gasteiger partial charge in [0.05, 0.1) is 6.61 Å². The molecule has 0 aromatic rings. The van der Waals surface area contributed by atoms with Crippen LogP contribution in [0.5, 0.6) is 0 Å². The molecule has 0 heterocycles. The van der Waals surface area contributed by atoms with Crippen molar-refractivity contribution in [3.63, 3.8) is 0 Å². The zero-order chi connectivity index (χ0) is 59.5. The molecule has 1 atom stereocenters. The van der Waals surface area contributed by atoms with E-state index in [1.54, 1.807) is 6.08 Å². The molecule has 0 saturated heterocycles. The molecule has 79 heavy (non-hydrogen) atoms. The summed E-state index contributed by atoms with van der Waals surface area (Å²) in [5, 5.41) is 0. The minimum Gasteiger partial charge on any atom is -0.302 e. The van der Waals surface area contributed by atoms with E-state index in [-0.39, 0.29) is 6.61 Å². The lowest BCUT2D eigenvalue weighted by Crippen LogP contribution is -1.94. The number of rotatable bonds is 44. The smallest absolute Gasteiger partial charge is 0.302 e. The van der Waals surface area contributed by atoms with Crippen molar-refractivity contribution in [1.29, 1.82) is 0 Å². The molecule has 0 bridgehead atoms. The largest absolute Gasteiger partial charge is 0.481 e. The summed E-state index contributed by atoms with van der Waals surface area (Å²) in [6.45, 7) is 33.2. The van der Waals surface area contributed by atoms with Gasteiger partial charge in [0.15, 0.2) is 0 Å². The highest BCUT2D eigenvalue weighted by molar-refractivity contribution is 7.60. The fourth-order valence-electron chi connectivity index (χ4n) is 8.90. The van der Waals surface area contributed by atoms with Crippen LogP contribution < -0.4 is 0 Å². The average Bonchev–Trinajstić information content (AvgIpc) is 3.33. The van der Waals surface area contributed by atoms with E-state index in [0.717, 1.165) is 153 Å². The minimum atomic E-state index is -5.11. The summed E-state index contributed by atoms with van der Waals surface area (Å²) in [7, 11) is -9.93. The Bertz CT molecular complexity index is 2300. The topological polar surface area (TPSA) is 113 Å². The van der Waals surface area contributed by atoms with Gasteiger partial charge in [-0.25, -0.2) is 9.13 Å². The first kappa shape index (κ1) is 75.6. The summed E-state index contributed by atoms with van der Waals surface area (Å²) in [6.07, 6.45) is 61.6. The molecule has 0 rings (SSSR count). The highest BCUT2D eigenvalue weighted by atomic mass is 31.3. The molecule has 448 valence electrons. The van der Waals surface area contributed by atoms with Crippen LogP contribution in [0.3, 0.4) is 0 Å². The van der Waals surface area contributed by atoms with Gasteiger partial charge in [-0.2, -0.15) is 4.31 Å². The fourth-order valence-corrected chi connectivity index (χ4v) is 10.4. The van der Waals surface area contributed by atoms with Gasteiger partial charge in [0.1, 0.15) is 0 Å². The number of allylic oxidation sites excluding steroid dienone is 27. The zero-order valence-electron chi connectivity index (χ0n) is 53.0. The molecule has 0 aromatic carbocycles. The van der Waals surface area contributed by atoms with Gasteiger partial charge in [-0.1, -0.05) is 163 Å². The molecular weight excluding hydrogens is 1010 g/mol. The molecular formula is C70H116O7P2. The number of hydrogen-bond donors (Lipinski definition) is 3. The Labute approximate surface area is 486 Å². The minimum absolute atomic E-state index is 0.275. The van der Waals surface area contributed by atoms with Crippen LogP contribution in [0.2, 0.25) is 0 Å². The van der Waals surface area contributed by atoms with Crippen molar-refractivity contribution in [1.82, 2.24) is 0 Å². The third-order valence-corrected chi connectivity index (χ3v) is 16.5. The Kier molecular flexibility index (Phi) is 44.2. The van der Waals surface area contributed by atoms with Gasteiger partial charge in [0, 0.05) is 0 Å². The molecule has 1 unspecified atom stereocenters. The van der Waals surface area contributed by atoms with Crippen molar-refractivity contribution < 1.29 is 32.6 Å². The van der Waals surface area contributed by atoms with E-state index < -0.39 is 15.6 Å². The standard InChI is InChI=1S/C70H116O7P2/c1-57(2)29-16-30-58(3)31-17-32-59(4)33-18-34-60(5)35-19-36-61(6)37-20-38-62(7)39-21-40-63(8)41-22-42-64(9)43-23-44-65(10)45-24-46-66(11)47-25-48-67(12)49-26-50-68(13)51-27-52-69(14)53-28-54-70(15)55-56-76-79(74,75)77-78(71,72)73/h29,31,33,35,37,39,41,43,45,47,49,51,53,55H,16-28,30,32,34,36,38,40,42,44,46,48,50,52,54,56H2,1-15H3,(H,74,75)(H2,71,72,73)/b58-31+,59-33+,60-35+,61-37+,62-39+,63-41+,64-43+,65-45+,66-47+,67-49+,68-51+,69-53+,70-55+. The molecule has 0 aliphatic rings. The van der Waals surface area contributed by atoms with Gasteiger partial charge < -0.3 is 14.7 Å². The number of phosphoric acid groups is 2. The van der Waals surface area contributed by atoms with Gasteiger partial charge in [-0.15, -0.1) is 0 Å². The second kappa shape index (κ2) is 46.1. The van der Waals surface area contributed by atoms with Crippen molar-refractivity contribution in [2.45, 2.75) is 271 Å². The van der Waals surface area contributed by atoms with E-state index in [4.69, 9.17) is 9.79 Å². The molecule has 9 heteroatoms. The maximum atomic E-state index is 11.5. The van der Waals surface area contributed by atoms with E-state index in [2.05, 4.69) is 185 Å². The Hall–Kier alpha value is -3.38. The first-order valence-corrected chi connectivity index (χ1v) is 33.2. The second-order valence-electron chi connectivity index (χ2n) is 23.3.